The maximum Gasteiger partial charge on any atom is 1.00 e. The molecule has 0 unspecified atom stereocenters. The van der Waals surface area contributed by atoms with Crippen LogP contribution in [0.15, 0.2) is 0 Å². The van der Waals surface area contributed by atoms with E-state index in [4.69, 9.17) is 0 Å². The molecule has 8 nitrogen and oxygen atoms in total. The number of hydrogen-bond acceptors (Lipinski definition) is 8. The molecule has 0 radical (unpaired) electrons. The normalized spacial score (nSPS) is 8.91. The summed E-state index contributed by atoms with van der Waals surface area (Å²) in [6.45, 7) is 0.690. The molecule has 0 saturated carbocycles. The zero-order chi connectivity index (χ0) is 15.3. The van der Waals surface area contributed by atoms with Gasteiger partial charge in [-0.2, -0.15) is 0 Å². The average molecular weight is 296 g/mol. The summed E-state index contributed by atoms with van der Waals surface area (Å²) < 4.78 is 24.0. The summed E-state index contributed by atoms with van der Waals surface area (Å²) in [4.78, 5) is 38.2. The number of carboxylic acid groups (broad SMARTS) is 4. The Bertz CT molecular complexity index is 320. The smallest absolute Gasteiger partial charge is 0.546 e. The van der Waals surface area contributed by atoms with Crippen molar-refractivity contribution in [1.82, 2.24) is 0 Å². The molecule has 0 amide bonds. The van der Waals surface area contributed by atoms with Crippen molar-refractivity contribution in [3.63, 3.8) is 0 Å². The summed E-state index contributed by atoms with van der Waals surface area (Å²) in [6, 6.07) is 0. The number of carbonyl (C=O) groups excluding carboxylic acids is 4. The van der Waals surface area contributed by atoms with Crippen LogP contribution in [0.3, 0.4) is 0 Å². The molecular weight excluding hydrogens is 290 g/mol. The van der Waals surface area contributed by atoms with Gasteiger partial charge in [0.1, 0.15) is 0 Å². The van der Waals surface area contributed by atoms with Crippen LogP contribution < -0.4 is 95.9 Å². The second-order valence-corrected chi connectivity index (χ2v) is 3.16. The molecule has 0 atom stereocenters. The largest absolute Gasteiger partial charge is 1.00 e. The molecule has 0 aromatic heterocycles. The van der Waals surface area contributed by atoms with Gasteiger partial charge in [-0.05, 0) is 13.8 Å². The Kier molecular flexibility index (Phi) is 25.4. The van der Waals surface area contributed by atoms with Gasteiger partial charge in [-0.25, -0.2) is 8.78 Å². The van der Waals surface area contributed by atoms with Crippen LogP contribution >= 0.6 is 0 Å². The molecule has 0 aliphatic rings. The first-order chi connectivity index (χ1) is 7.77. The van der Waals surface area contributed by atoms with Crippen LogP contribution in [0.1, 0.15) is 13.8 Å². The molecule has 0 fully saturated rings. The van der Waals surface area contributed by atoms with E-state index in [0.717, 1.165) is 0 Å². The standard InChI is InChI=1S/2C4H5FO4.4Li/c2*1-4(5,2(6)7)3(8)9;;;;/h2*1H3,(H,6,7)(H,8,9);;;;/q;;4*+1/p-4. The van der Waals surface area contributed by atoms with E-state index in [1.165, 1.54) is 0 Å². The molecular formula is C8H6F2Li4O8. The molecule has 0 aliphatic heterocycles. The average Bonchev–Trinajstić information content (AvgIpc) is 2.17. The van der Waals surface area contributed by atoms with E-state index in [2.05, 4.69) is 0 Å². The minimum Gasteiger partial charge on any atom is -0.546 e. The van der Waals surface area contributed by atoms with E-state index in [0.29, 0.717) is 13.8 Å². The minimum atomic E-state index is -3.39. The summed E-state index contributed by atoms with van der Waals surface area (Å²) in [7, 11) is 0. The summed E-state index contributed by atoms with van der Waals surface area (Å²) in [5, 5.41) is 38.2. The van der Waals surface area contributed by atoms with Gasteiger partial charge in [0, 0.05) is 0 Å². The molecule has 22 heavy (non-hydrogen) atoms. The number of rotatable bonds is 4. The Morgan fingerprint density at radius 3 is 0.682 bits per heavy atom. The van der Waals surface area contributed by atoms with E-state index < -0.39 is 35.2 Å². The molecule has 0 spiro atoms. The quantitative estimate of drug-likeness (QED) is 0.365. The number of halogens is 2. The Balaban J connectivity index is -0.0000000492. The zero-order valence-electron chi connectivity index (χ0n) is 13.0. The molecule has 0 heterocycles. The van der Waals surface area contributed by atoms with Gasteiger partial charge in [-0.15, -0.1) is 0 Å². The molecule has 0 aromatic rings. The third-order valence-electron chi connectivity index (χ3n) is 1.53. The third kappa shape index (κ3) is 12.7. The third-order valence-corrected chi connectivity index (χ3v) is 1.53. The fourth-order valence-corrected chi connectivity index (χ4v) is 0.167. The molecule has 0 aliphatic carbocycles. The summed E-state index contributed by atoms with van der Waals surface area (Å²) in [6.07, 6.45) is 0. The van der Waals surface area contributed by atoms with Crippen molar-refractivity contribution in [3.8, 4) is 0 Å². The molecule has 14 heteroatoms. The first kappa shape index (κ1) is 38.0. The Labute approximate surface area is 172 Å². The van der Waals surface area contributed by atoms with Crippen molar-refractivity contribution in [2.24, 2.45) is 0 Å². The van der Waals surface area contributed by atoms with Gasteiger partial charge >= 0.3 is 75.4 Å². The Morgan fingerprint density at radius 1 is 0.591 bits per heavy atom. The number of carbonyl (C=O) groups is 4. The second-order valence-electron chi connectivity index (χ2n) is 3.16. The van der Waals surface area contributed by atoms with Crippen LogP contribution in [0, 0.1) is 0 Å². The zero-order valence-corrected chi connectivity index (χ0v) is 13.0. The van der Waals surface area contributed by atoms with Crippen molar-refractivity contribution in [2.75, 3.05) is 0 Å². The molecule has 0 bridgehead atoms. The predicted octanol–water partition coefficient (Wildman–Crippen LogP) is -17.6. The molecule has 0 N–H and O–H groups in total. The second kappa shape index (κ2) is 14.7. The number of alkyl halides is 2. The first-order valence-electron chi connectivity index (χ1n) is 4.01. The summed E-state index contributed by atoms with van der Waals surface area (Å²) in [5.41, 5.74) is -6.78. The van der Waals surface area contributed by atoms with Crippen molar-refractivity contribution in [1.29, 1.82) is 0 Å². The number of carboxylic acids is 4. The van der Waals surface area contributed by atoms with E-state index in [1.807, 2.05) is 0 Å². The number of hydrogen-bond donors (Lipinski definition) is 0. The van der Waals surface area contributed by atoms with Crippen LogP contribution in [0.4, 0.5) is 8.78 Å². The van der Waals surface area contributed by atoms with Gasteiger partial charge in [0.15, 0.2) is 11.3 Å². The molecule has 104 valence electrons. The fourth-order valence-electron chi connectivity index (χ4n) is 0.167. The molecule has 0 rings (SSSR count). The summed E-state index contributed by atoms with van der Waals surface area (Å²) >= 11 is 0. The fraction of sp³-hybridized carbons (Fsp3) is 0.500. The van der Waals surface area contributed by atoms with Crippen LogP contribution in [0.5, 0.6) is 0 Å². The SMILES string of the molecule is CC(F)(C(=O)[O-])C(=O)[O-].CC(F)(C(=O)[O-])C(=O)[O-].[Li+].[Li+].[Li+].[Li+]. The van der Waals surface area contributed by atoms with Crippen molar-refractivity contribution >= 4 is 23.9 Å². The van der Waals surface area contributed by atoms with E-state index in [9.17, 15) is 48.4 Å². The Hall–Kier alpha value is 0.130. The molecule has 0 saturated heterocycles. The maximum absolute atomic E-state index is 12.0. The van der Waals surface area contributed by atoms with Gasteiger partial charge in [-0.3, -0.25) is 0 Å². The maximum atomic E-state index is 12.0. The van der Waals surface area contributed by atoms with Crippen LogP contribution in [-0.4, -0.2) is 35.2 Å². The van der Waals surface area contributed by atoms with E-state index >= 15 is 0 Å². The van der Waals surface area contributed by atoms with Crippen LogP contribution in [0.25, 0.3) is 0 Å². The monoisotopic (exact) mass is 296 g/mol. The first-order valence-corrected chi connectivity index (χ1v) is 4.01. The van der Waals surface area contributed by atoms with Crippen molar-refractivity contribution in [2.45, 2.75) is 25.2 Å². The van der Waals surface area contributed by atoms with Gasteiger partial charge in [-0.1, -0.05) is 0 Å². The van der Waals surface area contributed by atoms with Crippen molar-refractivity contribution in [3.05, 3.63) is 0 Å². The van der Waals surface area contributed by atoms with E-state index in [-0.39, 0.29) is 75.4 Å². The van der Waals surface area contributed by atoms with Crippen LogP contribution in [-0.2, 0) is 19.2 Å². The van der Waals surface area contributed by atoms with Gasteiger partial charge in [0.25, 0.3) is 0 Å². The summed E-state index contributed by atoms with van der Waals surface area (Å²) in [5.74, 6) is -9.21. The van der Waals surface area contributed by atoms with Crippen molar-refractivity contribution < 1.29 is 124 Å². The predicted molar refractivity (Wildman–Crippen MR) is 39.1 cm³/mol. The van der Waals surface area contributed by atoms with Gasteiger partial charge < -0.3 is 39.6 Å². The number of aliphatic carboxylic acids is 4. The minimum absolute atomic E-state index is 0. The van der Waals surface area contributed by atoms with Gasteiger partial charge in [0.2, 0.25) is 0 Å². The molecule has 0 aromatic carbocycles. The topological polar surface area (TPSA) is 161 Å². The Morgan fingerprint density at radius 2 is 0.682 bits per heavy atom. The van der Waals surface area contributed by atoms with Gasteiger partial charge in [0.05, 0.1) is 23.9 Å². The van der Waals surface area contributed by atoms with E-state index in [1.54, 1.807) is 0 Å². The van der Waals surface area contributed by atoms with Crippen LogP contribution in [0.2, 0.25) is 0 Å².